The molecule has 0 heterocycles. The van der Waals surface area contributed by atoms with Gasteiger partial charge in [0.05, 0.1) is 11.1 Å². The van der Waals surface area contributed by atoms with E-state index in [-0.39, 0.29) is 11.1 Å². The Balaban J connectivity index is 2.21. The summed E-state index contributed by atoms with van der Waals surface area (Å²) in [7, 11) is 0. The molecule has 0 aliphatic carbocycles. The van der Waals surface area contributed by atoms with Gasteiger partial charge in [-0.1, -0.05) is 71.1 Å². The molecule has 1 aromatic rings. The number of rotatable bonds is 14. The van der Waals surface area contributed by atoms with Crippen LogP contribution in [0.25, 0.3) is 0 Å². The van der Waals surface area contributed by atoms with Gasteiger partial charge in [0.1, 0.15) is 0 Å². The van der Waals surface area contributed by atoms with Crippen LogP contribution in [0.3, 0.4) is 0 Å². The minimum atomic E-state index is -1.08. The second-order valence-corrected chi connectivity index (χ2v) is 6.81. The smallest absolute Gasteiger partial charge is 0.335 e. The largest absolute Gasteiger partial charge is 0.478 e. The van der Waals surface area contributed by atoms with Crippen LogP contribution in [0.15, 0.2) is 18.2 Å². The van der Waals surface area contributed by atoms with Crippen LogP contribution in [-0.2, 0) is 6.42 Å². The maximum atomic E-state index is 11.1. The highest BCUT2D eigenvalue weighted by molar-refractivity contribution is 5.94. The Labute approximate surface area is 151 Å². The van der Waals surface area contributed by atoms with E-state index in [1.54, 1.807) is 12.1 Å². The van der Waals surface area contributed by atoms with Crippen LogP contribution in [0.5, 0.6) is 0 Å². The lowest BCUT2D eigenvalue weighted by atomic mass is 10.00. The molecule has 25 heavy (non-hydrogen) atoms. The first kappa shape index (κ1) is 21.2. The number of aryl methyl sites for hydroxylation is 1. The highest BCUT2D eigenvalue weighted by Crippen LogP contribution is 2.16. The van der Waals surface area contributed by atoms with Crippen molar-refractivity contribution in [2.45, 2.75) is 84.0 Å². The molecule has 0 aliphatic heterocycles. The van der Waals surface area contributed by atoms with E-state index >= 15 is 0 Å². The molecule has 0 amide bonds. The van der Waals surface area contributed by atoms with Crippen molar-refractivity contribution < 1.29 is 19.8 Å². The molecule has 2 N–H and O–H groups in total. The Morgan fingerprint density at radius 3 is 1.48 bits per heavy atom. The van der Waals surface area contributed by atoms with Crippen molar-refractivity contribution in [1.29, 1.82) is 0 Å². The van der Waals surface area contributed by atoms with Crippen molar-refractivity contribution in [2.75, 3.05) is 0 Å². The fraction of sp³-hybridized carbons (Fsp3) is 0.619. The summed E-state index contributed by atoms with van der Waals surface area (Å²) in [6.45, 7) is 2.24. The average molecular weight is 348 g/mol. The summed E-state index contributed by atoms with van der Waals surface area (Å²) in [5, 5.41) is 18.2. The van der Waals surface area contributed by atoms with Crippen molar-refractivity contribution in [2.24, 2.45) is 0 Å². The van der Waals surface area contributed by atoms with Gasteiger partial charge in [-0.05, 0) is 36.6 Å². The second kappa shape index (κ2) is 12.5. The van der Waals surface area contributed by atoms with E-state index < -0.39 is 11.9 Å². The molecular formula is C21H32O4. The molecule has 4 heteroatoms. The van der Waals surface area contributed by atoms with Gasteiger partial charge >= 0.3 is 11.9 Å². The number of unbranched alkanes of at least 4 members (excludes halogenated alkanes) is 10. The zero-order chi connectivity index (χ0) is 18.5. The van der Waals surface area contributed by atoms with Crippen LogP contribution in [0, 0.1) is 0 Å². The minimum absolute atomic E-state index is 0.0537. The van der Waals surface area contributed by atoms with Gasteiger partial charge in [-0.2, -0.15) is 0 Å². The molecule has 0 spiro atoms. The quantitative estimate of drug-likeness (QED) is 0.408. The van der Waals surface area contributed by atoms with Crippen molar-refractivity contribution in [3.05, 3.63) is 34.9 Å². The third-order valence-electron chi connectivity index (χ3n) is 4.56. The summed E-state index contributed by atoms with van der Waals surface area (Å²) in [6, 6.07) is 4.39. The Hall–Kier alpha value is -1.84. The number of carbonyl (C=O) groups is 2. The lowest BCUT2D eigenvalue weighted by Crippen LogP contribution is -2.04. The van der Waals surface area contributed by atoms with E-state index in [0.717, 1.165) is 24.8 Å². The minimum Gasteiger partial charge on any atom is -0.478 e. The standard InChI is InChI=1S/C21H32O4/c1-2-3-4-5-6-7-8-9-10-11-12-13-17-14-18(20(22)23)16-19(15-17)21(24)25/h14-16H,2-13H2,1H3,(H,22,23)(H,24,25). The summed E-state index contributed by atoms with van der Waals surface area (Å²) in [4.78, 5) is 22.2. The molecular weight excluding hydrogens is 316 g/mol. The molecule has 0 fully saturated rings. The van der Waals surface area contributed by atoms with E-state index in [1.807, 2.05) is 0 Å². The number of carboxylic acids is 2. The van der Waals surface area contributed by atoms with Gasteiger partial charge in [0.2, 0.25) is 0 Å². The van der Waals surface area contributed by atoms with Crippen LogP contribution < -0.4 is 0 Å². The lowest BCUT2D eigenvalue weighted by molar-refractivity contribution is 0.0696. The molecule has 0 saturated heterocycles. The zero-order valence-electron chi connectivity index (χ0n) is 15.4. The van der Waals surface area contributed by atoms with Crippen molar-refractivity contribution >= 4 is 11.9 Å². The molecule has 0 radical (unpaired) electrons. The first-order chi connectivity index (χ1) is 12.0. The van der Waals surface area contributed by atoms with Gasteiger partial charge in [-0.15, -0.1) is 0 Å². The fourth-order valence-electron chi connectivity index (χ4n) is 3.08. The number of benzene rings is 1. The van der Waals surface area contributed by atoms with Crippen molar-refractivity contribution in [3.8, 4) is 0 Å². The maximum Gasteiger partial charge on any atom is 0.335 e. The van der Waals surface area contributed by atoms with Crippen LogP contribution in [0.4, 0.5) is 0 Å². The number of aromatic carboxylic acids is 2. The SMILES string of the molecule is CCCCCCCCCCCCCc1cc(C(=O)O)cc(C(=O)O)c1. The van der Waals surface area contributed by atoms with E-state index in [2.05, 4.69) is 6.92 Å². The number of hydrogen-bond donors (Lipinski definition) is 2. The second-order valence-electron chi connectivity index (χ2n) is 6.81. The first-order valence-electron chi connectivity index (χ1n) is 9.65. The van der Waals surface area contributed by atoms with Crippen LogP contribution in [0.2, 0.25) is 0 Å². The molecule has 0 saturated carbocycles. The summed E-state index contributed by atoms with van der Waals surface area (Å²) < 4.78 is 0. The van der Waals surface area contributed by atoms with Crippen LogP contribution >= 0.6 is 0 Å². The van der Waals surface area contributed by atoms with E-state index in [9.17, 15) is 9.59 Å². The molecule has 4 nitrogen and oxygen atoms in total. The summed E-state index contributed by atoms with van der Waals surface area (Å²) in [5.41, 5.74) is 0.907. The Morgan fingerprint density at radius 2 is 1.08 bits per heavy atom. The lowest BCUT2D eigenvalue weighted by Gasteiger charge is -2.06. The van der Waals surface area contributed by atoms with Crippen LogP contribution in [0.1, 0.15) is 104 Å². The first-order valence-corrected chi connectivity index (χ1v) is 9.65. The average Bonchev–Trinajstić information content (AvgIpc) is 2.59. The predicted octanol–water partition coefficient (Wildman–Crippen LogP) is 5.94. The Kier molecular flexibility index (Phi) is 10.6. The Bertz CT molecular complexity index is 504. The van der Waals surface area contributed by atoms with E-state index in [1.165, 1.54) is 63.9 Å². The maximum absolute atomic E-state index is 11.1. The molecule has 1 rings (SSSR count). The topological polar surface area (TPSA) is 74.6 Å². The predicted molar refractivity (Wildman–Crippen MR) is 101 cm³/mol. The van der Waals surface area contributed by atoms with E-state index in [4.69, 9.17) is 10.2 Å². The fourth-order valence-corrected chi connectivity index (χ4v) is 3.08. The third-order valence-corrected chi connectivity index (χ3v) is 4.56. The normalized spacial score (nSPS) is 10.8. The zero-order valence-corrected chi connectivity index (χ0v) is 15.4. The van der Waals surface area contributed by atoms with Crippen molar-refractivity contribution in [3.63, 3.8) is 0 Å². The summed E-state index contributed by atoms with van der Waals surface area (Å²) in [6.07, 6.45) is 14.6. The summed E-state index contributed by atoms with van der Waals surface area (Å²) in [5.74, 6) is -2.16. The van der Waals surface area contributed by atoms with Gasteiger partial charge in [-0.25, -0.2) is 9.59 Å². The molecule has 0 aromatic heterocycles. The highest BCUT2D eigenvalue weighted by atomic mass is 16.4. The van der Waals surface area contributed by atoms with Gasteiger partial charge in [-0.3, -0.25) is 0 Å². The third kappa shape index (κ3) is 9.28. The summed E-state index contributed by atoms with van der Waals surface area (Å²) >= 11 is 0. The highest BCUT2D eigenvalue weighted by Gasteiger charge is 2.11. The van der Waals surface area contributed by atoms with Gasteiger partial charge in [0.15, 0.2) is 0 Å². The number of carboxylic acid groups (broad SMARTS) is 2. The van der Waals surface area contributed by atoms with E-state index in [0.29, 0.717) is 0 Å². The molecule has 140 valence electrons. The molecule has 1 aromatic carbocycles. The van der Waals surface area contributed by atoms with Gasteiger partial charge in [0, 0.05) is 0 Å². The van der Waals surface area contributed by atoms with Gasteiger partial charge in [0.25, 0.3) is 0 Å². The van der Waals surface area contributed by atoms with Gasteiger partial charge < -0.3 is 10.2 Å². The monoisotopic (exact) mass is 348 g/mol. The molecule has 0 bridgehead atoms. The Morgan fingerprint density at radius 1 is 0.680 bits per heavy atom. The number of hydrogen-bond acceptors (Lipinski definition) is 2. The molecule has 0 aliphatic rings. The van der Waals surface area contributed by atoms with Crippen LogP contribution in [-0.4, -0.2) is 22.2 Å². The molecule has 0 unspecified atom stereocenters. The molecule has 0 atom stereocenters. The van der Waals surface area contributed by atoms with Crippen molar-refractivity contribution in [1.82, 2.24) is 0 Å².